The standard InChI is InChI=1S/C25H36N2O/c1-19(2)27-18-12-11-17-23(26-4)25(28)20(3)24(21-13-7-5-8-14-21)22-15-9-6-10-16-22/h5-10,13-16,19-20,23-24,26-27H,11-12,17-18H2,1-4H3/t20-,23?/m0/s1. The molecule has 0 saturated heterocycles. The van der Waals surface area contributed by atoms with Crippen molar-refractivity contribution in [1.82, 2.24) is 10.6 Å². The van der Waals surface area contributed by atoms with Crippen molar-refractivity contribution in [3.63, 3.8) is 0 Å². The molecule has 0 aliphatic rings. The van der Waals surface area contributed by atoms with Crippen molar-refractivity contribution in [2.24, 2.45) is 5.92 Å². The summed E-state index contributed by atoms with van der Waals surface area (Å²) in [6, 6.07) is 21.2. The van der Waals surface area contributed by atoms with E-state index < -0.39 is 0 Å². The van der Waals surface area contributed by atoms with Crippen LogP contribution in [0.25, 0.3) is 0 Å². The van der Waals surface area contributed by atoms with E-state index in [1.165, 1.54) is 11.1 Å². The minimum absolute atomic E-state index is 0.0772. The van der Waals surface area contributed by atoms with Crippen LogP contribution in [0.5, 0.6) is 0 Å². The summed E-state index contributed by atoms with van der Waals surface area (Å²) >= 11 is 0. The number of rotatable bonds is 12. The number of ketones is 1. The average Bonchev–Trinajstić information content (AvgIpc) is 2.72. The number of hydrogen-bond acceptors (Lipinski definition) is 3. The zero-order chi connectivity index (χ0) is 20.4. The van der Waals surface area contributed by atoms with Gasteiger partial charge in [-0.05, 0) is 37.6 Å². The van der Waals surface area contributed by atoms with Crippen LogP contribution in [0.1, 0.15) is 57.1 Å². The van der Waals surface area contributed by atoms with Gasteiger partial charge in [0, 0.05) is 17.9 Å². The molecule has 0 heterocycles. The lowest BCUT2D eigenvalue weighted by Gasteiger charge is -2.27. The van der Waals surface area contributed by atoms with E-state index in [-0.39, 0.29) is 17.9 Å². The first-order valence-electron chi connectivity index (χ1n) is 10.6. The number of carbonyl (C=O) groups excluding carboxylic acids is 1. The summed E-state index contributed by atoms with van der Waals surface area (Å²) in [5, 5.41) is 6.72. The number of benzene rings is 2. The monoisotopic (exact) mass is 380 g/mol. The molecule has 28 heavy (non-hydrogen) atoms. The Kier molecular flexibility index (Phi) is 9.39. The zero-order valence-electron chi connectivity index (χ0n) is 17.8. The van der Waals surface area contributed by atoms with Crippen molar-refractivity contribution in [3.8, 4) is 0 Å². The van der Waals surface area contributed by atoms with Gasteiger partial charge in [0.1, 0.15) is 0 Å². The summed E-state index contributed by atoms with van der Waals surface area (Å²) in [5.74, 6) is 0.293. The van der Waals surface area contributed by atoms with Gasteiger partial charge in [-0.2, -0.15) is 0 Å². The second-order valence-electron chi connectivity index (χ2n) is 7.94. The van der Waals surface area contributed by atoms with Crippen LogP contribution >= 0.6 is 0 Å². The minimum atomic E-state index is -0.0935. The van der Waals surface area contributed by atoms with Crippen LogP contribution < -0.4 is 10.6 Å². The van der Waals surface area contributed by atoms with Crippen LogP contribution in [0.15, 0.2) is 60.7 Å². The van der Waals surface area contributed by atoms with Gasteiger partial charge in [-0.3, -0.25) is 4.79 Å². The van der Waals surface area contributed by atoms with E-state index in [2.05, 4.69) is 79.9 Å². The van der Waals surface area contributed by atoms with Crippen LogP contribution in [0.3, 0.4) is 0 Å². The van der Waals surface area contributed by atoms with Gasteiger partial charge < -0.3 is 10.6 Å². The minimum Gasteiger partial charge on any atom is -0.315 e. The molecule has 0 aliphatic carbocycles. The van der Waals surface area contributed by atoms with Gasteiger partial charge in [-0.15, -0.1) is 0 Å². The summed E-state index contributed by atoms with van der Waals surface area (Å²) < 4.78 is 0. The largest absolute Gasteiger partial charge is 0.315 e. The Hall–Kier alpha value is -1.97. The molecule has 2 N–H and O–H groups in total. The van der Waals surface area contributed by atoms with E-state index in [1.54, 1.807) is 0 Å². The zero-order valence-corrected chi connectivity index (χ0v) is 17.8. The van der Waals surface area contributed by atoms with Crippen LogP contribution in [-0.2, 0) is 4.79 Å². The fraction of sp³-hybridized carbons (Fsp3) is 0.480. The third-order valence-corrected chi connectivity index (χ3v) is 5.43. The van der Waals surface area contributed by atoms with Crippen LogP contribution in [0.2, 0.25) is 0 Å². The quantitative estimate of drug-likeness (QED) is 0.521. The van der Waals surface area contributed by atoms with Gasteiger partial charge in [0.2, 0.25) is 0 Å². The lowest BCUT2D eigenvalue weighted by molar-refractivity contribution is -0.124. The highest BCUT2D eigenvalue weighted by Gasteiger charge is 2.30. The maximum absolute atomic E-state index is 13.4. The maximum atomic E-state index is 13.4. The normalized spacial score (nSPS) is 13.6. The highest BCUT2D eigenvalue weighted by Crippen LogP contribution is 2.33. The summed E-state index contributed by atoms with van der Waals surface area (Å²) in [6.45, 7) is 7.41. The lowest BCUT2D eigenvalue weighted by Crippen LogP contribution is -2.39. The van der Waals surface area contributed by atoms with E-state index in [4.69, 9.17) is 0 Å². The van der Waals surface area contributed by atoms with Crippen LogP contribution in [0, 0.1) is 5.92 Å². The van der Waals surface area contributed by atoms with Gasteiger partial charge >= 0.3 is 0 Å². The molecule has 152 valence electrons. The molecule has 3 nitrogen and oxygen atoms in total. The molecule has 0 radical (unpaired) electrons. The number of Topliss-reactive ketones (excluding diaryl/α,β-unsaturated/α-hetero) is 1. The molecule has 0 fully saturated rings. The molecule has 3 heteroatoms. The molecular formula is C25H36N2O. The van der Waals surface area contributed by atoms with Crippen molar-refractivity contribution < 1.29 is 4.79 Å². The molecule has 0 saturated carbocycles. The molecule has 0 aliphatic heterocycles. The SMILES string of the molecule is CNC(CCCCNC(C)C)C(=O)[C@@H](C)C(c1ccccc1)c1ccccc1. The summed E-state index contributed by atoms with van der Waals surface area (Å²) in [6.07, 6.45) is 3.03. The van der Waals surface area contributed by atoms with Gasteiger partial charge in [0.05, 0.1) is 6.04 Å². The number of unbranched alkanes of at least 4 members (excludes halogenated alkanes) is 1. The van der Waals surface area contributed by atoms with Gasteiger partial charge in [0.25, 0.3) is 0 Å². The summed E-state index contributed by atoms with van der Waals surface area (Å²) in [7, 11) is 1.90. The second-order valence-corrected chi connectivity index (χ2v) is 7.94. The Morgan fingerprint density at radius 3 is 1.86 bits per heavy atom. The Balaban J connectivity index is 2.09. The first kappa shape index (κ1) is 22.3. The van der Waals surface area contributed by atoms with Crippen molar-refractivity contribution in [2.75, 3.05) is 13.6 Å². The third-order valence-electron chi connectivity index (χ3n) is 5.43. The first-order valence-corrected chi connectivity index (χ1v) is 10.6. The van der Waals surface area contributed by atoms with E-state index in [1.807, 2.05) is 19.2 Å². The molecule has 1 unspecified atom stereocenters. The van der Waals surface area contributed by atoms with Crippen molar-refractivity contribution in [2.45, 2.75) is 58.0 Å². The molecule has 2 aromatic rings. The fourth-order valence-corrected chi connectivity index (χ4v) is 3.87. The molecule has 0 aromatic heterocycles. The third kappa shape index (κ3) is 6.57. The molecule has 2 aromatic carbocycles. The second kappa shape index (κ2) is 11.8. The molecule has 2 atom stereocenters. The van der Waals surface area contributed by atoms with E-state index in [0.717, 1.165) is 25.8 Å². The van der Waals surface area contributed by atoms with Gasteiger partial charge in [-0.1, -0.05) is 87.9 Å². The maximum Gasteiger partial charge on any atom is 0.153 e. The average molecular weight is 381 g/mol. The highest BCUT2D eigenvalue weighted by molar-refractivity contribution is 5.87. The van der Waals surface area contributed by atoms with Crippen molar-refractivity contribution >= 4 is 5.78 Å². The Bertz CT molecular complexity index is 645. The molecule has 0 bridgehead atoms. The smallest absolute Gasteiger partial charge is 0.153 e. The Morgan fingerprint density at radius 1 is 0.857 bits per heavy atom. The van der Waals surface area contributed by atoms with E-state index in [9.17, 15) is 4.79 Å². The summed E-state index contributed by atoms with van der Waals surface area (Å²) in [5.41, 5.74) is 2.40. The Morgan fingerprint density at radius 2 is 1.39 bits per heavy atom. The van der Waals surface area contributed by atoms with E-state index >= 15 is 0 Å². The molecule has 0 amide bonds. The highest BCUT2D eigenvalue weighted by atomic mass is 16.1. The van der Waals surface area contributed by atoms with Gasteiger partial charge in [-0.25, -0.2) is 0 Å². The first-order chi connectivity index (χ1) is 13.5. The molecule has 0 spiro atoms. The number of nitrogens with one attached hydrogen (secondary N) is 2. The number of hydrogen-bond donors (Lipinski definition) is 2. The fourth-order valence-electron chi connectivity index (χ4n) is 3.87. The van der Waals surface area contributed by atoms with E-state index in [0.29, 0.717) is 11.8 Å². The van der Waals surface area contributed by atoms with Crippen LogP contribution in [-0.4, -0.2) is 31.5 Å². The predicted octanol–water partition coefficient (Wildman–Crippen LogP) is 4.78. The topological polar surface area (TPSA) is 41.1 Å². The number of likely N-dealkylation sites (N-methyl/N-ethyl adjacent to an activating group) is 1. The van der Waals surface area contributed by atoms with Crippen LogP contribution in [0.4, 0.5) is 0 Å². The summed E-state index contributed by atoms with van der Waals surface area (Å²) in [4.78, 5) is 13.4. The predicted molar refractivity (Wildman–Crippen MR) is 119 cm³/mol. The van der Waals surface area contributed by atoms with Gasteiger partial charge in [0.15, 0.2) is 5.78 Å². The lowest BCUT2D eigenvalue weighted by atomic mass is 9.77. The van der Waals surface area contributed by atoms with Crippen molar-refractivity contribution in [1.29, 1.82) is 0 Å². The van der Waals surface area contributed by atoms with Crippen molar-refractivity contribution in [3.05, 3.63) is 71.8 Å². The Labute approximate surface area is 170 Å². The number of carbonyl (C=O) groups is 1. The molecular weight excluding hydrogens is 344 g/mol. The molecule has 2 rings (SSSR count).